The SMILES string of the molecule is C.C.C.C=C(C)CC=CC(=C)CCC.CC.CC.CC.CC.CC.CC.CC.CC.CC.CC.CC.CC=CC.Cc1cc2ccccc2nc1C.Cc1cc2ccccc2nc1C.Cc1cc2cccnc2cc1C.Cc1cc2cccnc2cc1C.Cc1cc2ccncc2cc1C.Cc1cc2ccncc2cc1C.Cc1cc2cncnc2cc1C.Cc1cc2cncnc2cc1C.Cc1cc2nccnc2cc1C. The summed E-state index contributed by atoms with van der Waals surface area (Å²) in [5.74, 6) is 0. The smallest absolute Gasteiger partial charge is 0.116 e. The lowest BCUT2D eigenvalue weighted by Gasteiger charge is -2.01. The Balaban J connectivity index is -0.000000290. The van der Waals surface area contributed by atoms with Crippen LogP contribution in [0.4, 0.5) is 0 Å². The van der Waals surface area contributed by atoms with Gasteiger partial charge >= 0.3 is 0 Å². The van der Waals surface area contributed by atoms with Crippen molar-refractivity contribution < 1.29 is 0 Å². The van der Waals surface area contributed by atoms with Crippen LogP contribution in [0.25, 0.3) is 98.0 Å². The van der Waals surface area contributed by atoms with Crippen molar-refractivity contribution in [1.82, 2.24) is 59.8 Å². The monoisotopic (exact) mass is 2000 g/mol. The Hall–Kier alpha value is -13.6. The van der Waals surface area contributed by atoms with Gasteiger partial charge in [0.1, 0.15) is 12.7 Å². The molecule has 9 aromatic carbocycles. The molecular formula is C136H200N12. The zero-order valence-electron chi connectivity index (χ0n) is 98.5. The van der Waals surface area contributed by atoms with Crippen molar-refractivity contribution in [2.75, 3.05) is 0 Å². The highest BCUT2D eigenvalue weighted by Crippen LogP contribution is 2.25. The van der Waals surface area contributed by atoms with E-state index in [1.807, 2.05) is 309 Å². The molecule has 0 radical (unpaired) electrons. The Morgan fingerprint density at radius 1 is 0.243 bits per heavy atom. The van der Waals surface area contributed by atoms with Gasteiger partial charge in [-0.1, -0.05) is 297 Å². The fourth-order valence-electron chi connectivity index (χ4n) is 12.6. The standard InChI is InChI=1S/6C11H11N.C11H18.3C10H10N2.C4H8.11C2H6.3CH4/c2*1-8-5-10-3-4-12-7-11(10)6-9(8)2;2*1-8-6-10-4-3-5-12-11(10)7-9(8)2;2*1-8-7-10-5-3-4-6-11(10)12-9(8)2;1-5-7-11(4)9-6-8-10(2)3;2*1-7-3-9-5-11-6-12-10(9)4-8(7)2;1-7-5-9-10(6-8(7)2)12-4-3-11-9;1-3-4-2;11*1-2;;;/h6*3-7H,1-2H3;6,9H,2,4-5,7-8H2,1,3H3;3*3-6H,1-2H3;3-4H,1-2H3;11*1-2H3;3*1H4. The number of aryl methyl sites for hydroxylation is 18. The number of pyridine rings is 6. The molecule has 0 aliphatic carbocycles. The lowest BCUT2D eigenvalue weighted by Crippen LogP contribution is -1.87. The van der Waals surface area contributed by atoms with Crippen LogP contribution in [0.2, 0.25) is 0 Å². The third kappa shape index (κ3) is 55.3. The molecule has 0 aliphatic heterocycles. The summed E-state index contributed by atoms with van der Waals surface area (Å²) in [6.45, 7) is 97.8. The van der Waals surface area contributed by atoms with Crippen molar-refractivity contribution in [2.24, 2.45) is 0 Å². The second-order valence-corrected chi connectivity index (χ2v) is 31.4. The predicted molar refractivity (Wildman–Crippen MR) is 672 cm³/mol. The minimum atomic E-state index is 0. The van der Waals surface area contributed by atoms with E-state index in [2.05, 4.69) is 324 Å². The molecule has 0 unspecified atom stereocenters. The Morgan fingerprint density at radius 2 is 0.480 bits per heavy atom. The Labute approximate surface area is 903 Å². The number of para-hydroxylation sites is 2. The average molecular weight is 2000 g/mol. The number of hydrogen-bond acceptors (Lipinski definition) is 12. The lowest BCUT2D eigenvalue weighted by molar-refractivity contribution is 0.928. The number of rotatable bonds is 5. The van der Waals surface area contributed by atoms with E-state index in [1.165, 1.54) is 150 Å². The highest BCUT2D eigenvalue weighted by Gasteiger charge is 2.06. The van der Waals surface area contributed by atoms with E-state index in [-0.39, 0.29) is 22.3 Å². The summed E-state index contributed by atoms with van der Waals surface area (Å²) in [6.07, 6.45) is 32.9. The van der Waals surface area contributed by atoms with Gasteiger partial charge in [0.15, 0.2) is 0 Å². The van der Waals surface area contributed by atoms with Crippen molar-refractivity contribution in [2.45, 2.75) is 346 Å². The minimum absolute atomic E-state index is 0. The first-order valence-corrected chi connectivity index (χ1v) is 53.0. The highest BCUT2D eigenvalue weighted by molar-refractivity contribution is 5.86. The zero-order valence-corrected chi connectivity index (χ0v) is 98.5. The van der Waals surface area contributed by atoms with E-state index in [9.17, 15) is 0 Å². The van der Waals surface area contributed by atoms with E-state index < -0.39 is 0 Å². The summed E-state index contributed by atoms with van der Waals surface area (Å²) in [4.78, 5) is 50.4. The van der Waals surface area contributed by atoms with Crippen molar-refractivity contribution in [3.8, 4) is 0 Å². The first-order chi connectivity index (χ1) is 70.0. The molecule has 0 atom stereocenters. The molecule has 0 spiro atoms. The topological polar surface area (TPSA) is 155 Å². The van der Waals surface area contributed by atoms with Crippen LogP contribution in [0.1, 0.15) is 322 Å². The van der Waals surface area contributed by atoms with Gasteiger partial charge in [0.05, 0.1) is 44.1 Å². The van der Waals surface area contributed by atoms with Gasteiger partial charge in [0.2, 0.25) is 0 Å². The maximum atomic E-state index is 4.48. The van der Waals surface area contributed by atoms with Gasteiger partial charge in [-0.2, -0.15) is 0 Å². The van der Waals surface area contributed by atoms with E-state index in [4.69, 9.17) is 0 Å². The van der Waals surface area contributed by atoms with Gasteiger partial charge in [-0.05, 0) is 379 Å². The molecule has 0 fully saturated rings. The molecule has 0 amide bonds. The van der Waals surface area contributed by atoms with Crippen LogP contribution in [-0.4, -0.2) is 59.8 Å². The molecular weight excluding hydrogens is 1800 g/mol. The zero-order chi connectivity index (χ0) is 111. The fourth-order valence-corrected chi connectivity index (χ4v) is 12.6. The van der Waals surface area contributed by atoms with Gasteiger partial charge < -0.3 is 0 Å². The highest BCUT2D eigenvalue weighted by atomic mass is 14.8. The van der Waals surface area contributed by atoms with E-state index in [0.29, 0.717) is 0 Å². The van der Waals surface area contributed by atoms with E-state index in [1.54, 1.807) is 25.0 Å². The van der Waals surface area contributed by atoms with Gasteiger partial charge in [-0.15, -0.1) is 0 Å². The second kappa shape index (κ2) is 89.8. The normalized spacial score (nSPS) is 9.14. The van der Waals surface area contributed by atoms with Crippen molar-refractivity contribution in [3.05, 3.63) is 406 Å². The quantitative estimate of drug-likeness (QED) is 0.119. The molecule has 18 aromatic rings. The van der Waals surface area contributed by atoms with Gasteiger partial charge in [-0.3, -0.25) is 39.9 Å². The van der Waals surface area contributed by atoms with Crippen LogP contribution >= 0.6 is 0 Å². The number of nitrogens with zero attached hydrogens (tertiary/aromatic N) is 12. The molecule has 804 valence electrons. The summed E-state index contributed by atoms with van der Waals surface area (Å²) >= 11 is 0. The van der Waals surface area contributed by atoms with Crippen LogP contribution in [0.3, 0.4) is 0 Å². The maximum absolute atomic E-state index is 4.48. The Bertz CT molecular complexity index is 5080. The van der Waals surface area contributed by atoms with Crippen molar-refractivity contribution in [1.29, 1.82) is 0 Å². The Kier molecular flexibility index (Phi) is 89.4. The number of fused-ring (bicyclic) bond motifs is 9. The molecule has 148 heavy (non-hydrogen) atoms. The number of hydrogen-bond donors (Lipinski definition) is 0. The lowest BCUT2D eigenvalue weighted by atomic mass is 10.1. The van der Waals surface area contributed by atoms with Crippen LogP contribution in [-0.2, 0) is 0 Å². The van der Waals surface area contributed by atoms with Crippen LogP contribution < -0.4 is 0 Å². The minimum Gasteiger partial charge on any atom is -0.264 e. The van der Waals surface area contributed by atoms with E-state index >= 15 is 0 Å². The Morgan fingerprint density at radius 3 is 0.777 bits per heavy atom. The molecule has 18 rings (SSSR count). The summed E-state index contributed by atoms with van der Waals surface area (Å²) in [6, 6.07) is 62.9. The summed E-state index contributed by atoms with van der Waals surface area (Å²) in [5, 5.41) is 12.1. The van der Waals surface area contributed by atoms with Crippen LogP contribution in [0.15, 0.2) is 305 Å². The third-order valence-corrected chi connectivity index (χ3v) is 21.3. The predicted octanol–water partition coefficient (Wildman–Crippen LogP) is 42.5. The molecule has 0 aliphatic rings. The molecule has 0 saturated carbocycles. The molecule has 9 heterocycles. The number of allylic oxidation sites excluding steroid dienone is 6. The summed E-state index contributed by atoms with van der Waals surface area (Å²) in [5.41, 5.74) is 33.8. The fraction of sp³-hybridized carbons (Fsp3) is 0.368. The maximum Gasteiger partial charge on any atom is 0.116 e. The molecule has 0 N–H and O–H groups in total. The van der Waals surface area contributed by atoms with Crippen molar-refractivity contribution >= 4 is 98.0 Å². The van der Waals surface area contributed by atoms with Gasteiger partial charge in [0.25, 0.3) is 0 Å². The molecule has 12 heteroatoms. The van der Waals surface area contributed by atoms with Crippen LogP contribution in [0, 0.1) is 125 Å². The van der Waals surface area contributed by atoms with Gasteiger partial charge in [-0.25, -0.2) is 19.9 Å². The second-order valence-electron chi connectivity index (χ2n) is 31.4. The molecule has 12 nitrogen and oxygen atoms in total. The summed E-state index contributed by atoms with van der Waals surface area (Å²) < 4.78 is 0. The van der Waals surface area contributed by atoms with E-state index in [0.717, 1.165) is 79.1 Å². The molecule has 0 bridgehead atoms. The third-order valence-electron chi connectivity index (χ3n) is 21.3. The largest absolute Gasteiger partial charge is 0.264 e. The first kappa shape index (κ1) is 147. The van der Waals surface area contributed by atoms with Crippen LogP contribution in [0.5, 0.6) is 0 Å². The number of aromatic nitrogens is 12. The summed E-state index contributed by atoms with van der Waals surface area (Å²) in [7, 11) is 0. The van der Waals surface area contributed by atoms with Gasteiger partial charge in [0, 0.05) is 116 Å². The molecule has 9 aromatic heterocycles. The van der Waals surface area contributed by atoms with Crippen molar-refractivity contribution in [3.63, 3.8) is 0 Å². The molecule has 0 saturated heterocycles. The average Bonchev–Trinajstić information content (AvgIpc) is 0.885. The first-order valence-electron chi connectivity index (χ1n) is 53.0. The number of benzene rings is 9.